The van der Waals surface area contributed by atoms with Crippen LogP contribution in [0.15, 0.2) is 35.2 Å². The summed E-state index contributed by atoms with van der Waals surface area (Å²) in [5.41, 5.74) is 0.0147. The SMILES string of the molecule is O=S(=O)(Nc1ccc(O)cc1Cl)c1ccc(Cl)c(F)c1Cl. The minimum atomic E-state index is -4.17. The molecule has 0 atom stereocenters. The summed E-state index contributed by atoms with van der Waals surface area (Å²) >= 11 is 17.0. The molecular weight excluding hydrogens is 364 g/mol. The molecule has 0 unspecified atom stereocenters. The minimum absolute atomic E-state index is 0.0147. The number of hydrogen-bond donors (Lipinski definition) is 2. The van der Waals surface area contributed by atoms with E-state index in [1.807, 2.05) is 0 Å². The van der Waals surface area contributed by atoms with Crippen molar-refractivity contribution in [1.29, 1.82) is 0 Å². The van der Waals surface area contributed by atoms with E-state index in [9.17, 15) is 17.9 Å². The smallest absolute Gasteiger partial charge is 0.263 e. The number of aromatic hydroxyl groups is 1. The number of sulfonamides is 1. The van der Waals surface area contributed by atoms with Crippen molar-refractivity contribution in [1.82, 2.24) is 0 Å². The van der Waals surface area contributed by atoms with Crippen LogP contribution in [0.1, 0.15) is 0 Å². The molecule has 9 heteroatoms. The molecule has 2 aromatic rings. The molecule has 2 aromatic carbocycles. The molecule has 0 fully saturated rings. The average molecular weight is 371 g/mol. The molecule has 112 valence electrons. The van der Waals surface area contributed by atoms with Crippen molar-refractivity contribution in [2.45, 2.75) is 4.90 Å². The first-order valence-corrected chi connectivity index (χ1v) is 7.99. The number of halogens is 4. The minimum Gasteiger partial charge on any atom is -0.508 e. The van der Waals surface area contributed by atoms with Crippen LogP contribution in [0.4, 0.5) is 10.1 Å². The molecular formula is C12H7Cl3FNO3S. The van der Waals surface area contributed by atoms with E-state index in [1.165, 1.54) is 12.1 Å². The van der Waals surface area contributed by atoms with E-state index in [4.69, 9.17) is 34.8 Å². The number of phenols is 1. The number of phenolic OH excluding ortho intramolecular Hbond substituents is 1. The highest BCUT2D eigenvalue weighted by atomic mass is 35.5. The molecule has 0 spiro atoms. The molecule has 0 bridgehead atoms. The normalized spacial score (nSPS) is 11.4. The van der Waals surface area contributed by atoms with Crippen LogP contribution >= 0.6 is 34.8 Å². The van der Waals surface area contributed by atoms with Gasteiger partial charge in [-0.1, -0.05) is 34.8 Å². The van der Waals surface area contributed by atoms with Gasteiger partial charge in [-0.2, -0.15) is 0 Å². The van der Waals surface area contributed by atoms with E-state index >= 15 is 0 Å². The van der Waals surface area contributed by atoms with Gasteiger partial charge in [-0.3, -0.25) is 4.72 Å². The fraction of sp³-hybridized carbons (Fsp3) is 0. The van der Waals surface area contributed by atoms with Gasteiger partial charge in [-0.25, -0.2) is 12.8 Å². The molecule has 2 rings (SSSR count). The summed E-state index contributed by atoms with van der Waals surface area (Å²) < 4.78 is 40.1. The number of hydrogen-bond acceptors (Lipinski definition) is 3. The molecule has 0 saturated carbocycles. The van der Waals surface area contributed by atoms with E-state index in [-0.39, 0.29) is 21.5 Å². The topological polar surface area (TPSA) is 66.4 Å². The molecule has 21 heavy (non-hydrogen) atoms. The van der Waals surface area contributed by atoms with Crippen molar-refractivity contribution in [3.63, 3.8) is 0 Å². The summed E-state index contributed by atoms with van der Waals surface area (Å²) in [6.07, 6.45) is 0. The zero-order chi connectivity index (χ0) is 15.8. The summed E-state index contributed by atoms with van der Waals surface area (Å²) in [7, 11) is -4.17. The van der Waals surface area contributed by atoms with Crippen molar-refractivity contribution < 1.29 is 17.9 Å². The lowest BCUT2D eigenvalue weighted by Crippen LogP contribution is -2.14. The Morgan fingerprint density at radius 2 is 1.71 bits per heavy atom. The van der Waals surface area contributed by atoms with E-state index < -0.39 is 25.8 Å². The molecule has 0 heterocycles. The molecule has 0 aliphatic rings. The lowest BCUT2D eigenvalue weighted by molar-refractivity contribution is 0.475. The Kier molecular flexibility index (Phi) is 4.53. The standard InChI is InChI=1S/C12H7Cl3FNO3S/c13-7-2-4-10(11(15)12(7)16)21(19,20)17-9-3-1-6(18)5-8(9)14/h1-5,17-18H. The predicted octanol–water partition coefficient (Wildman–Crippen LogP) is 4.29. The maximum Gasteiger partial charge on any atom is 0.263 e. The van der Waals surface area contributed by atoms with Crippen LogP contribution in [0.2, 0.25) is 15.1 Å². The van der Waals surface area contributed by atoms with E-state index in [0.29, 0.717) is 0 Å². The monoisotopic (exact) mass is 369 g/mol. The zero-order valence-corrected chi connectivity index (χ0v) is 13.2. The average Bonchev–Trinajstić information content (AvgIpc) is 2.39. The summed E-state index contributed by atoms with van der Waals surface area (Å²) in [4.78, 5) is -0.477. The first kappa shape index (κ1) is 16.2. The number of anilines is 1. The van der Waals surface area contributed by atoms with Crippen LogP contribution in [0.5, 0.6) is 5.75 Å². The Morgan fingerprint density at radius 3 is 2.33 bits per heavy atom. The van der Waals surface area contributed by atoms with Crippen molar-refractivity contribution in [3.8, 4) is 5.75 Å². The van der Waals surface area contributed by atoms with Gasteiger partial charge in [0.15, 0.2) is 5.82 Å². The lowest BCUT2D eigenvalue weighted by Gasteiger charge is -2.11. The molecule has 2 N–H and O–H groups in total. The Hall–Kier alpha value is -1.21. The van der Waals surface area contributed by atoms with Crippen LogP contribution in [0.25, 0.3) is 0 Å². The van der Waals surface area contributed by atoms with Crippen LogP contribution in [0, 0.1) is 5.82 Å². The van der Waals surface area contributed by atoms with Crippen molar-refractivity contribution in [3.05, 3.63) is 51.2 Å². The third kappa shape index (κ3) is 3.35. The molecule has 0 aliphatic carbocycles. The largest absolute Gasteiger partial charge is 0.508 e. The van der Waals surface area contributed by atoms with Crippen LogP contribution in [-0.4, -0.2) is 13.5 Å². The second kappa shape index (κ2) is 5.88. The van der Waals surface area contributed by atoms with Crippen LogP contribution in [0.3, 0.4) is 0 Å². The zero-order valence-electron chi connectivity index (χ0n) is 10.1. The highest BCUT2D eigenvalue weighted by Crippen LogP contribution is 2.32. The van der Waals surface area contributed by atoms with Gasteiger partial charge in [-0.15, -0.1) is 0 Å². The van der Waals surface area contributed by atoms with Crippen molar-refractivity contribution in [2.75, 3.05) is 4.72 Å². The molecule has 0 radical (unpaired) electrons. The highest BCUT2D eigenvalue weighted by molar-refractivity contribution is 7.92. The van der Waals surface area contributed by atoms with Gasteiger partial charge in [0.05, 0.1) is 20.8 Å². The quantitative estimate of drug-likeness (QED) is 0.625. The Morgan fingerprint density at radius 1 is 1.05 bits per heavy atom. The second-order valence-electron chi connectivity index (χ2n) is 3.94. The van der Waals surface area contributed by atoms with Gasteiger partial charge < -0.3 is 5.11 Å². The van der Waals surface area contributed by atoms with Crippen molar-refractivity contribution >= 4 is 50.5 Å². The lowest BCUT2D eigenvalue weighted by atomic mass is 10.3. The van der Waals surface area contributed by atoms with E-state index in [1.54, 1.807) is 0 Å². The van der Waals surface area contributed by atoms with Crippen LogP contribution in [-0.2, 0) is 10.0 Å². The number of benzene rings is 2. The highest BCUT2D eigenvalue weighted by Gasteiger charge is 2.22. The van der Waals surface area contributed by atoms with Gasteiger partial charge in [0.1, 0.15) is 10.6 Å². The molecule has 4 nitrogen and oxygen atoms in total. The number of nitrogens with one attached hydrogen (secondary N) is 1. The first-order chi connectivity index (χ1) is 9.72. The van der Waals surface area contributed by atoms with Gasteiger partial charge in [0.2, 0.25) is 0 Å². The third-order valence-electron chi connectivity index (χ3n) is 2.49. The van der Waals surface area contributed by atoms with Gasteiger partial charge in [-0.05, 0) is 24.3 Å². The van der Waals surface area contributed by atoms with E-state index in [0.717, 1.165) is 18.2 Å². The number of rotatable bonds is 3. The first-order valence-electron chi connectivity index (χ1n) is 5.37. The molecule has 0 amide bonds. The van der Waals surface area contributed by atoms with Gasteiger partial charge in [0, 0.05) is 6.07 Å². The Bertz CT molecular complexity index is 812. The fourth-order valence-electron chi connectivity index (χ4n) is 1.50. The second-order valence-corrected chi connectivity index (χ2v) is 6.79. The van der Waals surface area contributed by atoms with Crippen molar-refractivity contribution in [2.24, 2.45) is 0 Å². The van der Waals surface area contributed by atoms with Gasteiger partial charge in [0.25, 0.3) is 10.0 Å². The summed E-state index contributed by atoms with van der Waals surface area (Å²) in [6, 6.07) is 5.81. The summed E-state index contributed by atoms with van der Waals surface area (Å²) in [5, 5.41) is 8.28. The molecule has 0 aromatic heterocycles. The van der Waals surface area contributed by atoms with Gasteiger partial charge >= 0.3 is 0 Å². The molecule has 0 saturated heterocycles. The Balaban J connectivity index is 2.46. The third-order valence-corrected chi connectivity index (χ3v) is 4.98. The summed E-state index contributed by atoms with van der Waals surface area (Å²) in [5.74, 6) is -1.16. The fourth-order valence-corrected chi connectivity index (χ4v) is 3.61. The maximum absolute atomic E-state index is 13.6. The molecule has 0 aliphatic heterocycles. The van der Waals surface area contributed by atoms with Crippen LogP contribution < -0.4 is 4.72 Å². The predicted molar refractivity (Wildman–Crippen MR) is 80.3 cm³/mol. The Labute approximate surface area is 135 Å². The van der Waals surface area contributed by atoms with E-state index in [2.05, 4.69) is 4.72 Å². The maximum atomic E-state index is 13.6. The summed E-state index contributed by atoms with van der Waals surface area (Å²) in [6.45, 7) is 0.